The Labute approximate surface area is 172 Å². The predicted octanol–water partition coefficient (Wildman–Crippen LogP) is 4.91. The van der Waals surface area contributed by atoms with Crippen molar-refractivity contribution in [3.63, 3.8) is 0 Å². The van der Waals surface area contributed by atoms with Crippen LogP contribution in [-0.4, -0.2) is 39.6 Å². The third-order valence-electron chi connectivity index (χ3n) is 5.02. The van der Waals surface area contributed by atoms with Gasteiger partial charge in [-0.2, -0.15) is 0 Å². The molecule has 0 saturated carbocycles. The SMILES string of the molecule is Clc1ccc(-c2cnc([C@@H]3COCCN3Cc3cnc4ccccc4c3)[nH]2)s1. The smallest absolute Gasteiger partial charge is 0.126 e. The lowest BCUT2D eigenvalue weighted by Gasteiger charge is -2.34. The summed E-state index contributed by atoms with van der Waals surface area (Å²) in [5.74, 6) is 0.924. The number of aromatic nitrogens is 3. The van der Waals surface area contributed by atoms with E-state index in [4.69, 9.17) is 16.3 Å². The van der Waals surface area contributed by atoms with Gasteiger partial charge in [0.25, 0.3) is 0 Å². The van der Waals surface area contributed by atoms with Crippen LogP contribution in [0.25, 0.3) is 21.5 Å². The summed E-state index contributed by atoms with van der Waals surface area (Å²) in [6.45, 7) is 3.02. The Morgan fingerprint density at radius 3 is 3.00 bits per heavy atom. The van der Waals surface area contributed by atoms with Gasteiger partial charge in [-0.3, -0.25) is 9.88 Å². The van der Waals surface area contributed by atoms with Crippen molar-refractivity contribution in [3.8, 4) is 10.6 Å². The number of fused-ring (bicyclic) bond motifs is 1. The number of nitrogens with zero attached hydrogens (tertiary/aromatic N) is 3. The van der Waals surface area contributed by atoms with Gasteiger partial charge in [0.1, 0.15) is 5.82 Å². The van der Waals surface area contributed by atoms with E-state index >= 15 is 0 Å². The van der Waals surface area contributed by atoms with Crippen molar-refractivity contribution in [2.45, 2.75) is 12.6 Å². The summed E-state index contributed by atoms with van der Waals surface area (Å²) in [5, 5.41) is 1.17. The highest BCUT2D eigenvalue weighted by molar-refractivity contribution is 7.19. The van der Waals surface area contributed by atoms with E-state index in [1.165, 1.54) is 10.9 Å². The average molecular weight is 411 g/mol. The third-order valence-corrected chi connectivity index (χ3v) is 6.29. The van der Waals surface area contributed by atoms with E-state index in [9.17, 15) is 0 Å². The number of para-hydroxylation sites is 1. The largest absolute Gasteiger partial charge is 0.378 e. The maximum absolute atomic E-state index is 6.07. The molecule has 4 heterocycles. The molecule has 1 aliphatic heterocycles. The minimum Gasteiger partial charge on any atom is -0.378 e. The van der Waals surface area contributed by atoms with Crippen LogP contribution in [0.1, 0.15) is 17.4 Å². The summed E-state index contributed by atoms with van der Waals surface area (Å²) < 4.78 is 6.53. The molecular formula is C21H19ClN4OS. The van der Waals surface area contributed by atoms with Crippen molar-refractivity contribution in [2.24, 2.45) is 0 Å². The lowest BCUT2D eigenvalue weighted by molar-refractivity contribution is -0.0156. The van der Waals surface area contributed by atoms with Gasteiger partial charge in [-0.05, 0) is 29.8 Å². The maximum Gasteiger partial charge on any atom is 0.126 e. The summed E-state index contributed by atoms with van der Waals surface area (Å²) in [6.07, 6.45) is 3.85. The van der Waals surface area contributed by atoms with Crippen molar-refractivity contribution in [3.05, 3.63) is 70.6 Å². The Kier molecular flexibility index (Phi) is 4.86. The lowest BCUT2D eigenvalue weighted by atomic mass is 10.1. The number of hydrogen-bond donors (Lipinski definition) is 1. The molecular weight excluding hydrogens is 392 g/mol. The highest BCUT2D eigenvalue weighted by atomic mass is 35.5. The summed E-state index contributed by atoms with van der Waals surface area (Å²) in [5.41, 5.74) is 3.21. The van der Waals surface area contributed by atoms with Crippen LogP contribution in [0.5, 0.6) is 0 Å². The van der Waals surface area contributed by atoms with Crippen LogP contribution in [0.2, 0.25) is 4.34 Å². The number of morpholine rings is 1. The van der Waals surface area contributed by atoms with Crippen LogP contribution in [0, 0.1) is 0 Å². The molecule has 5 rings (SSSR count). The zero-order valence-corrected chi connectivity index (χ0v) is 16.7. The molecule has 1 N–H and O–H groups in total. The van der Waals surface area contributed by atoms with Crippen molar-refractivity contribution in [1.82, 2.24) is 19.9 Å². The number of H-pyrrole nitrogens is 1. The topological polar surface area (TPSA) is 54.0 Å². The first kappa shape index (κ1) is 17.8. The van der Waals surface area contributed by atoms with Gasteiger partial charge >= 0.3 is 0 Å². The number of benzene rings is 1. The summed E-state index contributed by atoms with van der Waals surface area (Å²) in [6, 6.07) is 14.4. The fraction of sp³-hybridized carbons (Fsp3) is 0.238. The second kappa shape index (κ2) is 7.64. The van der Waals surface area contributed by atoms with E-state index in [-0.39, 0.29) is 6.04 Å². The minimum atomic E-state index is 0.0874. The lowest BCUT2D eigenvalue weighted by Crippen LogP contribution is -2.39. The summed E-state index contributed by atoms with van der Waals surface area (Å²) in [7, 11) is 0. The van der Waals surface area contributed by atoms with Gasteiger partial charge in [0.15, 0.2) is 0 Å². The van der Waals surface area contributed by atoms with Gasteiger partial charge in [0, 0.05) is 24.7 Å². The van der Waals surface area contributed by atoms with E-state index in [1.807, 2.05) is 42.7 Å². The normalized spacial score (nSPS) is 18.0. The van der Waals surface area contributed by atoms with Gasteiger partial charge in [0.2, 0.25) is 0 Å². The summed E-state index contributed by atoms with van der Waals surface area (Å²) in [4.78, 5) is 16.2. The quantitative estimate of drug-likeness (QED) is 0.519. The van der Waals surface area contributed by atoms with Crippen LogP contribution < -0.4 is 0 Å². The second-order valence-corrected chi connectivity index (χ2v) is 8.60. The molecule has 5 nitrogen and oxygen atoms in total. The highest BCUT2D eigenvalue weighted by Gasteiger charge is 2.27. The monoisotopic (exact) mass is 410 g/mol. The zero-order valence-electron chi connectivity index (χ0n) is 15.1. The number of aromatic amines is 1. The minimum absolute atomic E-state index is 0.0874. The van der Waals surface area contributed by atoms with E-state index in [2.05, 4.69) is 32.0 Å². The fourth-order valence-corrected chi connectivity index (χ4v) is 4.62. The first-order valence-corrected chi connectivity index (χ1v) is 10.4. The van der Waals surface area contributed by atoms with Crippen LogP contribution >= 0.6 is 22.9 Å². The molecule has 1 aromatic carbocycles. The predicted molar refractivity (Wildman–Crippen MR) is 113 cm³/mol. The van der Waals surface area contributed by atoms with Crippen LogP contribution in [0.3, 0.4) is 0 Å². The Morgan fingerprint density at radius 1 is 1.18 bits per heavy atom. The second-order valence-electron chi connectivity index (χ2n) is 6.88. The maximum atomic E-state index is 6.07. The molecule has 3 aromatic heterocycles. The molecule has 0 spiro atoms. The number of pyridine rings is 1. The third kappa shape index (κ3) is 3.56. The number of halogens is 1. The number of imidazole rings is 1. The molecule has 0 aliphatic carbocycles. The van der Waals surface area contributed by atoms with Crippen molar-refractivity contribution < 1.29 is 4.74 Å². The molecule has 1 saturated heterocycles. The fourth-order valence-electron chi connectivity index (χ4n) is 3.61. The van der Waals surface area contributed by atoms with E-state index in [0.29, 0.717) is 6.61 Å². The van der Waals surface area contributed by atoms with Crippen LogP contribution in [-0.2, 0) is 11.3 Å². The van der Waals surface area contributed by atoms with Crippen LogP contribution in [0.15, 0.2) is 54.9 Å². The van der Waals surface area contributed by atoms with Gasteiger partial charge in [-0.1, -0.05) is 29.8 Å². The van der Waals surface area contributed by atoms with Crippen molar-refractivity contribution in [2.75, 3.05) is 19.8 Å². The van der Waals surface area contributed by atoms with E-state index < -0.39 is 0 Å². The van der Waals surface area contributed by atoms with Crippen molar-refractivity contribution >= 4 is 33.8 Å². The first-order valence-electron chi connectivity index (χ1n) is 9.22. The van der Waals surface area contributed by atoms with Crippen molar-refractivity contribution in [1.29, 1.82) is 0 Å². The Morgan fingerprint density at radius 2 is 2.11 bits per heavy atom. The Hall–Kier alpha value is -2.25. The highest BCUT2D eigenvalue weighted by Crippen LogP contribution is 2.32. The molecule has 7 heteroatoms. The molecule has 0 unspecified atom stereocenters. The molecule has 4 aromatic rings. The number of hydrogen-bond acceptors (Lipinski definition) is 5. The van der Waals surface area contributed by atoms with Gasteiger partial charge in [-0.15, -0.1) is 11.3 Å². The molecule has 0 radical (unpaired) electrons. The Bertz CT molecular complexity index is 1110. The van der Waals surface area contributed by atoms with Gasteiger partial charge in [-0.25, -0.2) is 4.98 Å². The average Bonchev–Trinajstić information content (AvgIpc) is 3.37. The first-order chi connectivity index (χ1) is 13.8. The van der Waals surface area contributed by atoms with E-state index in [1.54, 1.807) is 11.3 Å². The molecule has 0 bridgehead atoms. The number of ether oxygens (including phenoxy) is 1. The van der Waals surface area contributed by atoms with Crippen LogP contribution in [0.4, 0.5) is 0 Å². The van der Waals surface area contributed by atoms with Gasteiger partial charge < -0.3 is 9.72 Å². The number of thiophene rings is 1. The van der Waals surface area contributed by atoms with E-state index in [0.717, 1.165) is 45.9 Å². The number of rotatable bonds is 4. The Balaban J connectivity index is 1.39. The number of nitrogens with one attached hydrogen (secondary N) is 1. The molecule has 1 aliphatic rings. The molecule has 1 atom stereocenters. The standard InChI is InChI=1S/C21H19ClN4OS/c22-20-6-5-19(28-20)17-11-24-21(25-17)18-13-27-8-7-26(18)12-14-9-15-3-1-2-4-16(15)23-10-14/h1-6,9-11,18H,7-8,12-13H2,(H,24,25)/t18-/m0/s1. The zero-order chi connectivity index (χ0) is 18.9. The summed E-state index contributed by atoms with van der Waals surface area (Å²) >= 11 is 7.62. The van der Waals surface area contributed by atoms with Gasteiger partial charge in [0.05, 0.1) is 45.9 Å². The molecule has 142 valence electrons. The molecule has 28 heavy (non-hydrogen) atoms. The molecule has 0 amide bonds. The molecule has 1 fully saturated rings.